The van der Waals surface area contributed by atoms with Crippen molar-refractivity contribution in [2.75, 3.05) is 14.2 Å². The maximum Gasteiger partial charge on any atom is 0.347 e. The van der Waals surface area contributed by atoms with E-state index >= 15 is 0 Å². The van der Waals surface area contributed by atoms with Crippen LogP contribution in [0.25, 0.3) is 0 Å². The highest BCUT2D eigenvalue weighted by Gasteiger charge is 2.33. The van der Waals surface area contributed by atoms with Crippen LogP contribution in [0.4, 0.5) is 0 Å². The van der Waals surface area contributed by atoms with Gasteiger partial charge in [0, 0.05) is 19.1 Å². The van der Waals surface area contributed by atoms with E-state index in [4.69, 9.17) is 9.47 Å². The predicted octanol–water partition coefficient (Wildman–Crippen LogP) is 1.70. The third-order valence-electron chi connectivity index (χ3n) is 2.71. The van der Waals surface area contributed by atoms with E-state index < -0.39 is 6.10 Å². The molecule has 0 bridgehead atoms. The molecule has 16 heavy (non-hydrogen) atoms. The van der Waals surface area contributed by atoms with Crippen LogP contribution in [0.5, 0.6) is 5.75 Å². The standard InChI is InChI=1S/C12H14O4/c1-14-10-7-11(12(13)15-2)16-9-6-4-3-5-8(9)10/h3-6,10-11H,7H2,1-2H3/t10-,11+/m1/s1. The molecule has 2 atom stereocenters. The largest absolute Gasteiger partial charge is 0.478 e. The minimum atomic E-state index is -0.579. The molecule has 0 fully saturated rings. The van der Waals surface area contributed by atoms with Gasteiger partial charge in [-0.15, -0.1) is 0 Å². The van der Waals surface area contributed by atoms with Gasteiger partial charge in [-0.25, -0.2) is 4.79 Å². The Morgan fingerprint density at radius 1 is 1.38 bits per heavy atom. The molecule has 0 radical (unpaired) electrons. The van der Waals surface area contributed by atoms with Crippen LogP contribution in [0, 0.1) is 0 Å². The second-order valence-corrected chi connectivity index (χ2v) is 3.63. The van der Waals surface area contributed by atoms with E-state index in [1.165, 1.54) is 7.11 Å². The van der Waals surface area contributed by atoms with E-state index in [1.54, 1.807) is 7.11 Å². The average Bonchev–Trinajstić information content (AvgIpc) is 2.36. The number of rotatable bonds is 2. The number of benzene rings is 1. The van der Waals surface area contributed by atoms with Crippen molar-refractivity contribution in [3.8, 4) is 5.75 Å². The molecule has 0 N–H and O–H groups in total. The molecule has 2 rings (SSSR count). The van der Waals surface area contributed by atoms with Crippen LogP contribution >= 0.6 is 0 Å². The Labute approximate surface area is 94.1 Å². The van der Waals surface area contributed by atoms with Gasteiger partial charge in [-0.1, -0.05) is 18.2 Å². The molecule has 4 heteroatoms. The summed E-state index contributed by atoms with van der Waals surface area (Å²) in [5.41, 5.74) is 0.977. The summed E-state index contributed by atoms with van der Waals surface area (Å²) in [4.78, 5) is 11.4. The summed E-state index contributed by atoms with van der Waals surface area (Å²) in [6.45, 7) is 0. The second-order valence-electron chi connectivity index (χ2n) is 3.63. The second kappa shape index (κ2) is 4.53. The smallest absolute Gasteiger partial charge is 0.347 e. The van der Waals surface area contributed by atoms with Crippen molar-refractivity contribution in [1.29, 1.82) is 0 Å². The molecule has 0 amide bonds. The average molecular weight is 222 g/mol. The lowest BCUT2D eigenvalue weighted by molar-refractivity contribution is -0.151. The summed E-state index contributed by atoms with van der Waals surface area (Å²) in [5, 5.41) is 0. The van der Waals surface area contributed by atoms with Crippen molar-refractivity contribution in [1.82, 2.24) is 0 Å². The fourth-order valence-electron chi connectivity index (χ4n) is 1.88. The molecule has 4 nitrogen and oxygen atoms in total. The first kappa shape index (κ1) is 11.0. The number of carbonyl (C=O) groups excluding carboxylic acids is 1. The highest BCUT2D eigenvalue weighted by molar-refractivity contribution is 5.75. The van der Waals surface area contributed by atoms with Gasteiger partial charge in [0.2, 0.25) is 0 Å². The van der Waals surface area contributed by atoms with Crippen molar-refractivity contribution in [3.63, 3.8) is 0 Å². The van der Waals surface area contributed by atoms with Gasteiger partial charge >= 0.3 is 5.97 Å². The fraction of sp³-hybridized carbons (Fsp3) is 0.417. The number of esters is 1. The Morgan fingerprint density at radius 3 is 2.81 bits per heavy atom. The van der Waals surface area contributed by atoms with Crippen LogP contribution in [0.1, 0.15) is 18.1 Å². The lowest BCUT2D eigenvalue weighted by atomic mass is 9.99. The van der Waals surface area contributed by atoms with Gasteiger partial charge in [-0.05, 0) is 6.07 Å². The van der Waals surface area contributed by atoms with Crippen LogP contribution in [0.15, 0.2) is 24.3 Å². The highest BCUT2D eigenvalue weighted by Crippen LogP contribution is 2.36. The molecule has 0 spiro atoms. The number of hydrogen-bond acceptors (Lipinski definition) is 4. The minimum absolute atomic E-state index is 0.117. The van der Waals surface area contributed by atoms with Gasteiger partial charge in [0.25, 0.3) is 0 Å². The lowest BCUT2D eigenvalue weighted by Crippen LogP contribution is -2.34. The zero-order valence-corrected chi connectivity index (χ0v) is 9.30. The molecule has 1 aliphatic rings. The predicted molar refractivity (Wildman–Crippen MR) is 57.2 cm³/mol. The van der Waals surface area contributed by atoms with Gasteiger partial charge in [-0.2, -0.15) is 0 Å². The third kappa shape index (κ3) is 1.88. The monoisotopic (exact) mass is 222 g/mol. The Hall–Kier alpha value is -1.55. The SMILES string of the molecule is COC(=O)[C@@H]1C[C@@H](OC)c2ccccc2O1. The normalized spacial score (nSPS) is 23.1. The number of methoxy groups -OCH3 is 2. The van der Waals surface area contributed by atoms with E-state index in [0.29, 0.717) is 12.2 Å². The van der Waals surface area contributed by atoms with Gasteiger partial charge < -0.3 is 14.2 Å². The molecule has 1 aliphatic heterocycles. The Balaban J connectivity index is 2.28. The van der Waals surface area contributed by atoms with Crippen LogP contribution in [0.3, 0.4) is 0 Å². The van der Waals surface area contributed by atoms with Crippen LogP contribution < -0.4 is 4.74 Å². The number of para-hydroxylation sites is 1. The minimum Gasteiger partial charge on any atom is -0.478 e. The molecule has 0 unspecified atom stereocenters. The molecule has 1 heterocycles. The number of fused-ring (bicyclic) bond motifs is 1. The fourth-order valence-corrected chi connectivity index (χ4v) is 1.88. The molecule has 0 aliphatic carbocycles. The topological polar surface area (TPSA) is 44.8 Å². The van der Waals surface area contributed by atoms with E-state index in [0.717, 1.165) is 5.56 Å². The molecule has 0 aromatic heterocycles. The van der Waals surface area contributed by atoms with Crippen molar-refractivity contribution >= 4 is 5.97 Å². The molecule has 86 valence electrons. The molecule has 1 aromatic carbocycles. The van der Waals surface area contributed by atoms with Gasteiger partial charge in [0.15, 0.2) is 6.10 Å². The van der Waals surface area contributed by atoms with Crippen molar-refractivity contribution in [2.24, 2.45) is 0 Å². The van der Waals surface area contributed by atoms with E-state index in [9.17, 15) is 4.79 Å². The van der Waals surface area contributed by atoms with Gasteiger partial charge in [-0.3, -0.25) is 0 Å². The van der Waals surface area contributed by atoms with E-state index in [-0.39, 0.29) is 12.1 Å². The molecule has 0 saturated carbocycles. The third-order valence-corrected chi connectivity index (χ3v) is 2.71. The van der Waals surface area contributed by atoms with Crippen molar-refractivity contribution < 1.29 is 19.0 Å². The highest BCUT2D eigenvalue weighted by atomic mass is 16.6. The zero-order valence-electron chi connectivity index (χ0n) is 9.30. The maximum absolute atomic E-state index is 11.4. The molecular formula is C12H14O4. The van der Waals surface area contributed by atoms with Crippen LogP contribution in [0.2, 0.25) is 0 Å². The molecule has 1 aromatic rings. The Bertz CT molecular complexity index is 388. The quantitative estimate of drug-likeness (QED) is 0.714. The van der Waals surface area contributed by atoms with E-state index in [1.807, 2.05) is 24.3 Å². The summed E-state index contributed by atoms with van der Waals surface area (Å²) in [7, 11) is 2.98. The number of ether oxygens (including phenoxy) is 3. The maximum atomic E-state index is 11.4. The summed E-state index contributed by atoms with van der Waals surface area (Å²) in [5.74, 6) is 0.326. The first-order valence-corrected chi connectivity index (χ1v) is 5.12. The molecule has 0 saturated heterocycles. The van der Waals surface area contributed by atoms with Crippen LogP contribution in [-0.2, 0) is 14.3 Å². The first-order chi connectivity index (χ1) is 7.76. The summed E-state index contributed by atoms with van der Waals surface area (Å²) in [6.07, 6.45) is -0.209. The summed E-state index contributed by atoms with van der Waals surface area (Å²) in [6, 6.07) is 7.56. The Morgan fingerprint density at radius 2 is 2.12 bits per heavy atom. The van der Waals surface area contributed by atoms with Gasteiger partial charge in [0.1, 0.15) is 5.75 Å². The zero-order chi connectivity index (χ0) is 11.5. The summed E-state index contributed by atoms with van der Waals surface area (Å²) < 4.78 is 15.6. The molecular weight excluding hydrogens is 208 g/mol. The van der Waals surface area contributed by atoms with Crippen molar-refractivity contribution in [3.05, 3.63) is 29.8 Å². The van der Waals surface area contributed by atoms with Gasteiger partial charge in [0.05, 0.1) is 13.2 Å². The van der Waals surface area contributed by atoms with Crippen LogP contribution in [-0.4, -0.2) is 26.3 Å². The number of hydrogen-bond donors (Lipinski definition) is 0. The lowest BCUT2D eigenvalue weighted by Gasteiger charge is -2.29. The Kier molecular flexibility index (Phi) is 3.10. The van der Waals surface area contributed by atoms with E-state index in [2.05, 4.69) is 4.74 Å². The first-order valence-electron chi connectivity index (χ1n) is 5.12. The summed E-state index contributed by atoms with van der Waals surface area (Å²) >= 11 is 0. The van der Waals surface area contributed by atoms with Crippen molar-refractivity contribution in [2.45, 2.75) is 18.6 Å². The number of carbonyl (C=O) groups is 1.